The second-order valence-electron chi connectivity index (χ2n) is 3.83. The Balaban J connectivity index is 2.93. The molecule has 0 aliphatic carbocycles. The summed E-state index contributed by atoms with van der Waals surface area (Å²) >= 11 is 0. The van der Waals surface area contributed by atoms with Crippen molar-refractivity contribution in [3.05, 3.63) is 11.4 Å². The Kier molecular flexibility index (Phi) is 5.42. The van der Waals surface area contributed by atoms with E-state index in [4.69, 9.17) is 4.74 Å². The lowest BCUT2D eigenvalue weighted by Crippen LogP contribution is -2.18. The molecule has 1 aromatic heterocycles. The first-order chi connectivity index (χ1) is 7.78. The van der Waals surface area contributed by atoms with E-state index < -0.39 is 0 Å². The highest BCUT2D eigenvalue weighted by Gasteiger charge is 2.17. The van der Waals surface area contributed by atoms with Crippen molar-refractivity contribution < 1.29 is 4.74 Å². The molecule has 16 heavy (non-hydrogen) atoms. The van der Waals surface area contributed by atoms with Crippen molar-refractivity contribution in [2.45, 2.75) is 39.3 Å². The van der Waals surface area contributed by atoms with Gasteiger partial charge in [-0.3, -0.25) is 0 Å². The Labute approximate surface area is 97.2 Å². The molecule has 0 bridgehead atoms. The molecule has 1 heterocycles. The maximum absolute atomic E-state index is 5.21. The summed E-state index contributed by atoms with van der Waals surface area (Å²) in [5.74, 6) is 0. The van der Waals surface area contributed by atoms with Crippen molar-refractivity contribution in [2.75, 3.05) is 20.8 Å². The van der Waals surface area contributed by atoms with Gasteiger partial charge in [-0.05, 0) is 19.9 Å². The second-order valence-corrected chi connectivity index (χ2v) is 3.83. The highest BCUT2D eigenvalue weighted by Crippen LogP contribution is 2.16. The number of rotatable bonds is 7. The molecular formula is C11H22N4O. The third-order valence-corrected chi connectivity index (χ3v) is 2.73. The average molecular weight is 226 g/mol. The molecular weight excluding hydrogens is 204 g/mol. The lowest BCUT2D eigenvalue weighted by Gasteiger charge is -2.16. The van der Waals surface area contributed by atoms with Crippen molar-refractivity contribution in [1.29, 1.82) is 0 Å². The third kappa shape index (κ3) is 2.80. The van der Waals surface area contributed by atoms with E-state index in [1.54, 1.807) is 7.11 Å². The van der Waals surface area contributed by atoms with Gasteiger partial charge in [-0.2, -0.15) is 0 Å². The van der Waals surface area contributed by atoms with E-state index >= 15 is 0 Å². The first-order valence-electron chi connectivity index (χ1n) is 5.84. The molecule has 92 valence electrons. The van der Waals surface area contributed by atoms with E-state index in [2.05, 4.69) is 29.5 Å². The standard InChI is InChI=1S/C11H22N4O/c1-5-9(8-16-4)15-11(6-2)10(7-12-3)13-14-15/h9,12H,5-8H2,1-4H3. The van der Waals surface area contributed by atoms with Gasteiger partial charge in [0, 0.05) is 13.7 Å². The van der Waals surface area contributed by atoms with Crippen molar-refractivity contribution in [1.82, 2.24) is 20.3 Å². The second kappa shape index (κ2) is 6.60. The quantitative estimate of drug-likeness (QED) is 0.758. The smallest absolute Gasteiger partial charge is 0.0996 e. The van der Waals surface area contributed by atoms with Crippen molar-refractivity contribution >= 4 is 0 Å². The molecule has 0 spiro atoms. The normalized spacial score (nSPS) is 13.0. The van der Waals surface area contributed by atoms with Crippen molar-refractivity contribution in [2.24, 2.45) is 0 Å². The lowest BCUT2D eigenvalue weighted by molar-refractivity contribution is 0.145. The number of ether oxygens (including phenoxy) is 1. The average Bonchev–Trinajstić information content (AvgIpc) is 2.69. The summed E-state index contributed by atoms with van der Waals surface area (Å²) in [5, 5.41) is 11.6. The predicted octanol–water partition coefficient (Wildman–Crippen LogP) is 1.16. The molecule has 1 unspecified atom stereocenters. The topological polar surface area (TPSA) is 52.0 Å². The first-order valence-corrected chi connectivity index (χ1v) is 5.84. The maximum Gasteiger partial charge on any atom is 0.0996 e. The van der Waals surface area contributed by atoms with E-state index in [9.17, 15) is 0 Å². The van der Waals surface area contributed by atoms with E-state index in [0.29, 0.717) is 6.61 Å². The largest absolute Gasteiger partial charge is 0.382 e. The van der Waals surface area contributed by atoms with E-state index in [1.165, 1.54) is 5.69 Å². The third-order valence-electron chi connectivity index (χ3n) is 2.73. The van der Waals surface area contributed by atoms with Crippen LogP contribution in [0.25, 0.3) is 0 Å². The lowest BCUT2D eigenvalue weighted by atomic mass is 10.2. The number of aromatic nitrogens is 3. The molecule has 0 fully saturated rings. The van der Waals surface area contributed by atoms with Crippen LogP contribution in [0.2, 0.25) is 0 Å². The molecule has 0 amide bonds. The van der Waals surface area contributed by atoms with Gasteiger partial charge in [-0.1, -0.05) is 19.1 Å². The van der Waals surface area contributed by atoms with Crippen LogP contribution < -0.4 is 5.32 Å². The summed E-state index contributed by atoms with van der Waals surface area (Å²) in [6.07, 6.45) is 1.95. The van der Waals surface area contributed by atoms with Gasteiger partial charge in [0.25, 0.3) is 0 Å². The molecule has 1 N–H and O–H groups in total. The number of hydrogen-bond acceptors (Lipinski definition) is 4. The molecule has 5 heteroatoms. The minimum absolute atomic E-state index is 0.290. The van der Waals surface area contributed by atoms with Crippen LogP contribution in [-0.4, -0.2) is 35.8 Å². The number of hydrogen-bond donors (Lipinski definition) is 1. The van der Waals surface area contributed by atoms with Crippen LogP contribution in [0.3, 0.4) is 0 Å². The minimum Gasteiger partial charge on any atom is -0.382 e. The molecule has 0 saturated heterocycles. The van der Waals surface area contributed by atoms with Crippen LogP contribution in [0.1, 0.15) is 37.7 Å². The van der Waals surface area contributed by atoms with Crippen LogP contribution in [0.15, 0.2) is 0 Å². The van der Waals surface area contributed by atoms with Gasteiger partial charge in [-0.15, -0.1) is 5.10 Å². The molecule has 1 rings (SSSR count). The summed E-state index contributed by atoms with van der Waals surface area (Å²) < 4.78 is 7.22. The zero-order valence-electron chi connectivity index (χ0n) is 10.7. The fourth-order valence-corrected chi connectivity index (χ4v) is 1.86. The van der Waals surface area contributed by atoms with Gasteiger partial charge in [0.15, 0.2) is 0 Å². The van der Waals surface area contributed by atoms with E-state index in [-0.39, 0.29) is 6.04 Å². The predicted molar refractivity (Wildman–Crippen MR) is 63.4 cm³/mol. The Hall–Kier alpha value is -0.940. The zero-order valence-corrected chi connectivity index (χ0v) is 10.7. The van der Waals surface area contributed by atoms with Crippen molar-refractivity contribution in [3.63, 3.8) is 0 Å². The monoisotopic (exact) mass is 226 g/mol. The van der Waals surface area contributed by atoms with Crippen LogP contribution >= 0.6 is 0 Å². The van der Waals surface area contributed by atoms with Gasteiger partial charge in [0.2, 0.25) is 0 Å². The minimum atomic E-state index is 0.290. The van der Waals surface area contributed by atoms with Gasteiger partial charge >= 0.3 is 0 Å². The molecule has 0 aliphatic rings. The maximum atomic E-state index is 5.21. The Morgan fingerprint density at radius 1 is 1.44 bits per heavy atom. The van der Waals surface area contributed by atoms with Crippen LogP contribution in [0, 0.1) is 0 Å². The highest BCUT2D eigenvalue weighted by molar-refractivity contribution is 5.10. The van der Waals surface area contributed by atoms with Crippen LogP contribution in [0.4, 0.5) is 0 Å². The number of methoxy groups -OCH3 is 1. The van der Waals surface area contributed by atoms with Crippen molar-refractivity contribution in [3.8, 4) is 0 Å². The summed E-state index contributed by atoms with van der Waals surface area (Å²) in [6.45, 7) is 5.73. The Morgan fingerprint density at radius 2 is 2.19 bits per heavy atom. The van der Waals surface area contributed by atoms with Gasteiger partial charge in [-0.25, -0.2) is 4.68 Å². The fourth-order valence-electron chi connectivity index (χ4n) is 1.86. The van der Waals surface area contributed by atoms with E-state index in [0.717, 1.165) is 25.1 Å². The number of nitrogens with zero attached hydrogens (tertiary/aromatic N) is 3. The van der Waals surface area contributed by atoms with E-state index in [1.807, 2.05) is 11.7 Å². The molecule has 0 radical (unpaired) electrons. The molecule has 5 nitrogen and oxygen atoms in total. The molecule has 1 aromatic rings. The summed E-state index contributed by atoms with van der Waals surface area (Å²) in [6, 6.07) is 0.290. The molecule has 1 atom stereocenters. The first kappa shape index (κ1) is 13.1. The Morgan fingerprint density at radius 3 is 2.69 bits per heavy atom. The highest BCUT2D eigenvalue weighted by atomic mass is 16.5. The zero-order chi connectivity index (χ0) is 12.0. The van der Waals surface area contributed by atoms with Gasteiger partial charge in [0.1, 0.15) is 0 Å². The van der Waals surface area contributed by atoms with Crippen LogP contribution in [-0.2, 0) is 17.7 Å². The SMILES string of the molecule is CCc1c(CNC)nnn1C(CC)COC. The van der Waals surface area contributed by atoms with Crippen LogP contribution in [0.5, 0.6) is 0 Å². The molecule has 0 saturated carbocycles. The Bertz CT molecular complexity index is 311. The fraction of sp³-hybridized carbons (Fsp3) is 0.818. The summed E-state index contributed by atoms with van der Waals surface area (Å²) in [4.78, 5) is 0. The summed E-state index contributed by atoms with van der Waals surface area (Å²) in [7, 11) is 3.64. The molecule has 0 aliphatic heterocycles. The molecule has 0 aromatic carbocycles. The van der Waals surface area contributed by atoms with Gasteiger partial charge in [0.05, 0.1) is 24.0 Å². The summed E-state index contributed by atoms with van der Waals surface area (Å²) in [5.41, 5.74) is 2.25. The van der Waals surface area contributed by atoms with Gasteiger partial charge < -0.3 is 10.1 Å². The number of nitrogens with one attached hydrogen (secondary N) is 1.